The summed E-state index contributed by atoms with van der Waals surface area (Å²) in [6, 6.07) is 16.3. The summed E-state index contributed by atoms with van der Waals surface area (Å²) >= 11 is 0. The van der Waals surface area contributed by atoms with Crippen molar-refractivity contribution in [2.45, 2.75) is 19.8 Å². The van der Waals surface area contributed by atoms with E-state index in [1.54, 1.807) is 24.3 Å². The minimum Gasteiger partial charge on any atom is -0.347 e. The molecule has 2 aromatic carbocycles. The Balaban J connectivity index is 1.72. The van der Waals surface area contributed by atoms with E-state index in [0.29, 0.717) is 24.1 Å². The Labute approximate surface area is 141 Å². The lowest BCUT2D eigenvalue weighted by atomic mass is 10.1. The molecule has 0 bridgehead atoms. The van der Waals surface area contributed by atoms with Gasteiger partial charge in [-0.25, -0.2) is 0 Å². The topological polar surface area (TPSA) is 75.3 Å². The Morgan fingerprint density at radius 2 is 1.54 bits per heavy atom. The van der Waals surface area contributed by atoms with Crippen LogP contribution in [0.4, 0.5) is 5.69 Å². The second-order valence-electron chi connectivity index (χ2n) is 5.44. The molecule has 2 amide bonds. The van der Waals surface area contributed by atoms with Gasteiger partial charge < -0.3 is 10.6 Å². The van der Waals surface area contributed by atoms with Gasteiger partial charge in [0.05, 0.1) is 6.54 Å². The van der Waals surface area contributed by atoms with Crippen LogP contribution in [-0.2, 0) is 16.0 Å². The van der Waals surface area contributed by atoms with E-state index in [4.69, 9.17) is 0 Å². The van der Waals surface area contributed by atoms with E-state index >= 15 is 0 Å². The van der Waals surface area contributed by atoms with E-state index in [1.165, 1.54) is 6.92 Å². The first kappa shape index (κ1) is 17.4. The molecule has 2 aromatic rings. The quantitative estimate of drug-likeness (QED) is 0.769. The predicted molar refractivity (Wildman–Crippen MR) is 92.8 cm³/mol. The highest BCUT2D eigenvalue weighted by Crippen LogP contribution is 2.09. The van der Waals surface area contributed by atoms with Crippen molar-refractivity contribution in [1.29, 1.82) is 0 Å². The molecule has 0 spiro atoms. The Morgan fingerprint density at radius 3 is 2.17 bits per heavy atom. The maximum atomic E-state index is 11.8. The first-order chi connectivity index (χ1) is 11.5. The van der Waals surface area contributed by atoms with Gasteiger partial charge in [0.1, 0.15) is 0 Å². The zero-order valence-electron chi connectivity index (χ0n) is 13.5. The molecule has 0 atom stereocenters. The molecule has 0 aliphatic rings. The van der Waals surface area contributed by atoms with Crippen LogP contribution in [0.1, 0.15) is 29.3 Å². The molecule has 5 heteroatoms. The number of amides is 2. The normalized spacial score (nSPS) is 10.0. The number of ketones is 1. The van der Waals surface area contributed by atoms with Crippen LogP contribution < -0.4 is 10.6 Å². The molecule has 0 aliphatic heterocycles. The zero-order valence-corrected chi connectivity index (χ0v) is 13.5. The minimum absolute atomic E-state index is 0.0291. The van der Waals surface area contributed by atoms with Crippen molar-refractivity contribution in [3.63, 3.8) is 0 Å². The summed E-state index contributed by atoms with van der Waals surface area (Å²) in [5, 5.41) is 5.27. The SMILES string of the molecule is CC(=O)c1ccc(NC(=O)CNC(=O)CCc2ccccc2)cc1. The summed E-state index contributed by atoms with van der Waals surface area (Å²) in [5.41, 5.74) is 2.26. The van der Waals surface area contributed by atoms with Gasteiger partial charge >= 0.3 is 0 Å². The van der Waals surface area contributed by atoms with Crippen molar-refractivity contribution in [3.8, 4) is 0 Å². The molecule has 5 nitrogen and oxygen atoms in total. The van der Waals surface area contributed by atoms with Gasteiger partial charge in [-0.15, -0.1) is 0 Å². The molecule has 0 saturated carbocycles. The maximum Gasteiger partial charge on any atom is 0.243 e. The van der Waals surface area contributed by atoms with Crippen LogP contribution in [0.25, 0.3) is 0 Å². The Morgan fingerprint density at radius 1 is 0.875 bits per heavy atom. The largest absolute Gasteiger partial charge is 0.347 e. The van der Waals surface area contributed by atoms with Crippen LogP contribution in [0.2, 0.25) is 0 Å². The van der Waals surface area contributed by atoms with Gasteiger partial charge in [-0.2, -0.15) is 0 Å². The maximum absolute atomic E-state index is 11.8. The van der Waals surface area contributed by atoms with E-state index < -0.39 is 0 Å². The van der Waals surface area contributed by atoms with Crippen molar-refractivity contribution in [1.82, 2.24) is 5.32 Å². The van der Waals surface area contributed by atoms with Crippen molar-refractivity contribution in [3.05, 3.63) is 65.7 Å². The molecule has 0 saturated heterocycles. The second-order valence-corrected chi connectivity index (χ2v) is 5.44. The lowest BCUT2D eigenvalue weighted by Gasteiger charge is -2.07. The summed E-state index contributed by atoms with van der Waals surface area (Å²) < 4.78 is 0. The van der Waals surface area contributed by atoms with E-state index in [9.17, 15) is 14.4 Å². The number of benzene rings is 2. The minimum atomic E-state index is -0.307. The number of carbonyl (C=O) groups excluding carboxylic acids is 3. The van der Waals surface area contributed by atoms with Crippen molar-refractivity contribution in [2.75, 3.05) is 11.9 Å². The van der Waals surface area contributed by atoms with Crippen LogP contribution in [-0.4, -0.2) is 24.1 Å². The third-order valence-corrected chi connectivity index (χ3v) is 3.50. The number of nitrogens with one attached hydrogen (secondary N) is 2. The lowest BCUT2D eigenvalue weighted by molar-refractivity contribution is -0.124. The van der Waals surface area contributed by atoms with E-state index in [1.807, 2.05) is 30.3 Å². The van der Waals surface area contributed by atoms with Gasteiger partial charge in [-0.05, 0) is 43.2 Å². The summed E-state index contributed by atoms with van der Waals surface area (Å²) in [4.78, 5) is 34.8. The highest BCUT2D eigenvalue weighted by molar-refractivity contribution is 5.96. The number of Topliss-reactive ketones (excluding diaryl/α,β-unsaturated/α-hetero) is 1. The number of carbonyl (C=O) groups is 3. The Bertz CT molecular complexity index is 709. The van der Waals surface area contributed by atoms with Crippen molar-refractivity contribution >= 4 is 23.3 Å². The van der Waals surface area contributed by atoms with Crippen LogP contribution in [0.3, 0.4) is 0 Å². The van der Waals surface area contributed by atoms with Crippen LogP contribution in [0.15, 0.2) is 54.6 Å². The molecule has 0 radical (unpaired) electrons. The molecule has 24 heavy (non-hydrogen) atoms. The number of anilines is 1. The molecule has 0 unspecified atom stereocenters. The summed E-state index contributed by atoms with van der Waals surface area (Å²) in [6.07, 6.45) is 0.978. The third kappa shape index (κ3) is 5.68. The van der Waals surface area contributed by atoms with Gasteiger partial charge in [0, 0.05) is 17.7 Å². The average molecular weight is 324 g/mol. The molecular formula is C19H20N2O3. The molecular weight excluding hydrogens is 304 g/mol. The fraction of sp³-hybridized carbons (Fsp3) is 0.211. The third-order valence-electron chi connectivity index (χ3n) is 3.50. The first-order valence-corrected chi connectivity index (χ1v) is 7.76. The van der Waals surface area contributed by atoms with Crippen molar-refractivity contribution in [2.24, 2.45) is 0 Å². The van der Waals surface area contributed by atoms with Gasteiger partial charge in [0.2, 0.25) is 11.8 Å². The van der Waals surface area contributed by atoms with Gasteiger partial charge in [-0.1, -0.05) is 30.3 Å². The lowest BCUT2D eigenvalue weighted by Crippen LogP contribution is -2.32. The second kappa shape index (κ2) is 8.62. The van der Waals surface area contributed by atoms with Gasteiger partial charge in [0.25, 0.3) is 0 Å². The van der Waals surface area contributed by atoms with Gasteiger partial charge in [-0.3, -0.25) is 14.4 Å². The molecule has 0 aliphatic carbocycles. The van der Waals surface area contributed by atoms with Crippen molar-refractivity contribution < 1.29 is 14.4 Å². The van der Waals surface area contributed by atoms with E-state index in [-0.39, 0.29) is 24.1 Å². The number of rotatable bonds is 7. The highest BCUT2D eigenvalue weighted by atomic mass is 16.2. The first-order valence-electron chi connectivity index (χ1n) is 7.76. The smallest absolute Gasteiger partial charge is 0.243 e. The molecule has 0 aromatic heterocycles. The number of hydrogen-bond donors (Lipinski definition) is 2. The Hall–Kier alpha value is -2.95. The molecule has 2 rings (SSSR count). The average Bonchev–Trinajstić information content (AvgIpc) is 2.59. The standard InChI is InChI=1S/C19H20N2O3/c1-14(22)16-8-10-17(11-9-16)21-19(24)13-20-18(23)12-7-15-5-3-2-4-6-15/h2-6,8-11H,7,12-13H2,1H3,(H,20,23)(H,21,24). The van der Waals surface area contributed by atoms with Crippen LogP contribution >= 0.6 is 0 Å². The van der Waals surface area contributed by atoms with E-state index in [0.717, 1.165) is 5.56 Å². The summed E-state index contributed by atoms with van der Waals surface area (Å²) in [5.74, 6) is -0.502. The van der Waals surface area contributed by atoms with E-state index in [2.05, 4.69) is 10.6 Å². The monoisotopic (exact) mass is 324 g/mol. The summed E-state index contributed by atoms with van der Waals surface area (Å²) in [7, 11) is 0. The van der Waals surface area contributed by atoms with Gasteiger partial charge in [0.15, 0.2) is 5.78 Å². The predicted octanol–water partition coefficient (Wildman–Crippen LogP) is 2.58. The fourth-order valence-corrected chi connectivity index (χ4v) is 2.16. The Kier molecular flexibility index (Phi) is 6.25. The van der Waals surface area contributed by atoms with Crippen LogP contribution in [0.5, 0.6) is 0 Å². The molecule has 2 N–H and O–H groups in total. The number of aryl methyl sites for hydroxylation is 1. The summed E-state index contributed by atoms with van der Waals surface area (Å²) in [6.45, 7) is 1.40. The molecule has 124 valence electrons. The zero-order chi connectivity index (χ0) is 17.4. The number of hydrogen-bond acceptors (Lipinski definition) is 3. The molecule has 0 fully saturated rings. The fourth-order valence-electron chi connectivity index (χ4n) is 2.16. The highest BCUT2D eigenvalue weighted by Gasteiger charge is 2.07. The van der Waals surface area contributed by atoms with Crippen LogP contribution in [0, 0.1) is 0 Å². The molecule has 0 heterocycles.